The van der Waals surface area contributed by atoms with E-state index in [-0.39, 0.29) is 12.3 Å². The minimum Gasteiger partial charge on any atom is -0.354 e. The molecule has 1 atom stereocenters. The van der Waals surface area contributed by atoms with Crippen molar-refractivity contribution in [3.63, 3.8) is 0 Å². The van der Waals surface area contributed by atoms with E-state index in [9.17, 15) is 13.2 Å². The summed E-state index contributed by atoms with van der Waals surface area (Å²) in [6.07, 6.45) is 0.384. The molecular weight excluding hydrogens is 242 g/mol. The lowest BCUT2D eigenvalue weighted by molar-refractivity contribution is -0.127. The van der Waals surface area contributed by atoms with Gasteiger partial charge in [0, 0.05) is 13.1 Å². The molecule has 0 saturated carbocycles. The SMILES string of the molecule is CCNS(=O)(=O)CCNC(=O)C(C)(C#N)CC. The Labute approximate surface area is 102 Å². The van der Waals surface area contributed by atoms with Crippen molar-refractivity contribution in [1.29, 1.82) is 5.26 Å². The highest BCUT2D eigenvalue weighted by atomic mass is 32.2. The fourth-order valence-electron chi connectivity index (χ4n) is 1.08. The molecule has 0 aliphatic rings. The molecule has 0 aromatic rings. The lowest BCUT2D eigenvalue weighted by Crippen LogP contribution is -2.41. The van der Waals surface area contributed by atoms with Crippen molar-refractivity contribution in [2.75, 3.05) is 18.8 Å². The molecule has 1 amide bonds. The van der Waals surface area contributed by atoms with E-state index in [2.05, 4.69) is 10.0 Å². The van der Waals surface area contributed by atoms with E-state index >= 15 is 0 Å². The number of nitriles is 1. The van der Waals surface area contributed by atoms with Gasteiger partial charge in [-0.3, -0.25) is 4.79 Å². The van der Waals surface area contributed by atoms with E-state index in [1.807, 2.05) is 6.07 Å². The molecule has 17 heavy (non-hydrogen) atoms. The summed E-state index contributed by atoms with van der Waals surface area (Å²) in [5, 5.41) is 11.3. The normalized spacial score (nSPS) is 14.7. The Morgan fingerprint density at radius 1 is 1.41 bits per heavy atom. The van der Waals surface area contributed by atoms with Crippen molar-refractivity contribution in [3.8, 4) is 6.07 Å². The maximum Gasteiger partial charge on any atom is 0.240 e. The summed E-state index contributed by atoms with van der Waals surface area (Å²) >= 11 is 0. The summed E-state index contributed by atoms with van der Waals surface area (Å²) in [5.41, 5.74) is -1.10. The van der Waals surface area contributed by atoms with Crippen LogP contribution in [-0.2, 0) is 14.8 Å². The van der Waals surface area contributed by atoms with Crippen molar-refractivity contribution in [2.24, 2.45) is 5.41 Å². The minimum absolute atomic E-state index is 0.00539. The predicted molar refractivity (Wildman–Crippen MR) is 64.5 cm³/mol. The second-order valence-electron chi connectivity index (χ2n) is 3.87. The average molecular weight is 261 g/mol. The van der Waals surface area contributed by atoms with E-state index < -0.39 is 21.3 Å². The number of carbonyl (C=O) groups is 1. The van der Waals surface area contributed by atoms with Crippen LogP contribution in [0.2, 0.25) is 0 Å². The number of sulfonamides is 1. The van der Waals surface area contributed by atoms with Crippen LogP contribution in [0.5, 0.6) is 0 Å². The Hall–Kier alpha value is -1.13. The predicted octanol–water partition coefficient (Wildman–Crippen LogP) is -0.0182. The molecule has 0 aromatic heterocycles. The first kappa shape index (κ1) is 15.9. The molecule has 0 aliphatic heterocycles. The molecule has 0 aliphatic carbocycles. The molecule has 2 N–H and O–H groups in total. The molecule has 0 bridgehead atoms. The Morgan fingerprint density at radius 2 is 2.00 bits per heavy atom. The number of hydrogen-bond acceptors (Lipinski definition) is 4. The van der Waals surface area contributed by atoms with Gasteiger partial charge in [-0.25, -0.2) is 13.1 Å². The molecule has 98 valence electrons. The zero-order chi connectivity index (χ0) is 13.5. The van der Waals surface area contributed by atoms with Crippen LogP contribution in [0.15, 0.2) is 0 Å². The van der Waals surface area contributed by atoms with E-state index in [1.165, 1.54) is 6.92 Å². The van der Waals surface area contributed by atoms with E-state index in [4.69, 9.17) is 5.26 Å². The summed E-state index contributed by atoms with van der Waals surface area (Å²) < 4.78 is 24.9. The molecular formula is C10H19N3O3S. The highest BCUT2D eigenvalue weighted by Crippen LogP contribution is 2.19. The molecule has 0 saturated heterocycles. The third-order valence-corrected chi connectivity index (χ3v) is 3.95. The van der Waals surface area contributed by atoms with Crippen molar-refractivity contribution >= 4 is 15.9 Å². The van der Waals surface area contributed by atoms with Crippen molar-refractivity contribution in [3.05, 3.63) is 0 Å². The van der Waals surface area contributed by atoms with Crippen molar-refractivity contribution in [2.45, 2.75) is 27.2 Å². The molecule has 0 heterocycles. The van der Waals surface area contributed by atoms with Gasteiger partial charge in [0.25, 0.3) is 0 Å². The third kappa shape index (κ3) is 5.15. The topological polar surface area (TPSA) is 99.1 Å². The average Bonchev–Trinajstić information content (AvgIpc) is 2.27. The molecule has 0 spiro atoms. The number of nitrogens with zero attached hydrogens (tertiary/aromatic N) is 1. The Balaban J connectivity index is 4.25. The lowest BCUT2D eigenvalue weighted by atomic mass is 9.88. The smallest absolute Gasteiger partial charge is 0.240 e. The molecule has 7 heteroatoms. The Morgan fingerprint density at radius 3 is 2.41 bits per heavy atom. The van der Waals surface area contributed by atoms with Gasteiger partial charge in [-0.2, -0.15) is 5.26 Å². The van der Waals surface area contributed by atoms with Gasteiger partial charge in [0.1, 0.15) is 5.41 Å². The first-order valence-corrected chi connectivity index (χ1v) is 7.13. The van der Waals surface area contributed by atoms with Gasteiger partial charge in [0.15, 0.2) is 0 Å². The minimum atomic E-state index is -3.33. The molecule has 0 aromatic carbocycles. The van der Waals surface area contributed by atoms with Crippen LogP contribution in [0.3, 0.4) is 0 Å². The molecule has 0 fully saturated rings. The summed E-state index contributed by atoms with van der Waals surface area (Å²) in [6.45, 7) is 5.27. The monoisotopic (exact) mass is 261 g/mol. The fourth-order valence-corrected chi connectivity index (χ4v) is 2.03. The molecule has 0 rings (SSSR count). The molecule has 6 nitrogen and oxygen atoms in total. The maximum absolute atomic E-state index is 11.6. The lowest BCUT2D eigenvalue weighted by Gasteiger charge is -2.18. The van der Waals surface area contributed by atoms with Gasteiger partial charge < -0.3 is 5.32 Å². The number of amides is 1. The molecule has 1 unspecified atom stereocenters. The number of hydrogen-bond donors (Lipinski definition) is 2. The highest BCUT2D eigenvalue weighted by molar-refractivity contribution is 7.89. The maximum atomic E-state index is 11.6. The zero-order valence-electron chi connectivity index (χ0n) is 10.4. The van der Waals surface area contributed by atoms with Gasteiger partial charge in [-0.15, -0.1) is 0 Å². The van der Waals surface area contributed by atoms with E-state index in [0.717, 1.165) is 0 Å². The summed E-state index contributed by atoms with van der Waals surface area (Å²) in [7, 11) is -3.33. The molecule has 0 radical (unpaired) electrons. The van der Waals surface area contributed by atoms with Crippen molar-refractivity contribution in [1.82, 2.24) is 10.0 Å². The summed E-state index contributed by atoms with van der Waals surface area (Å²) in [6, 6.07) is 1.92. The van der Waals surface area contributed by atoms with Gasteiger partial charge >= 0.3 is 0 Å². The van der Waals surface area contributed by atoms with E-state index in [1.54, 1.807) is 13.8 Å². The quantitative estimate of drug-likeness (QED) is 0.673. The van der Waals surface area contributed by atoms with Gasteiger partial charge in [0.2, 0.25) is 15.9 Å². The van der Waals surface area contributed by atoms with Crippen LogP contribution < -0.4 is 10.0 Å². The second-order valence-corrected chi connectivity index (χ2v) is 5.80. The third-order valence-electron chi connectivity index (χ3n) is 2.48. The number of nitrogens with one attached hydrogen (secondary N) is 2. The van der Waals surface area contributed by atoms with Crippen LogP contribution in [-0.4, -0.2) is 33.2 Å². The van der Waals surface area contributed by atoms with E-state index in [0.29, 0.717) is 13.0 Å². The van der Waals surface area contributed by atoms with Crippen LogP contribution in [0.25, 0.3) is 0 Å². The zero-order valence-corrected chi connectivity index (χ0v) is 11.2. The van der Waals surface area contributed by atoms with Crippen molar-refractivity contribution < 1.29 is 13.2 Å². The second kappa shape index (κ2) is 6.57. The summed E-state index contributed by atoms with van der Waals surface area (Å²) in [4.78, 5) is 11.6. The van der Waals surface area contributed by atoms with Crippen LogP contribution in [0, 0.1) is 16.7 Å². The highest BCUT2D eigenvalue weighted by Gasteiger charge is 2.30. The van der Waals surface area contributed by atoms with Crippen LogP contribution in [0.4, 0.5) is 0 Å². The Bertz CT molecular complexity index is 400. The fraction of sp³-hybridized carbons (Fsp3) is 0.800. The van der Waals surface area contributed by atoms with Gasteiger partial charge in [-0.05, 0) is 13.3 Å². The largest absolute Gasteiger partial charge is 0.354 e. The standard InChI is InChI=1S/C10H19N3O3S/c1-4-10(3,8-11)9(14)12-6-7-17(15,16)13-5-2/h13H,4-7H2,1-3H3,(H,12,14). The van der Waals surface area contributed by atoms with Crippen LogP contribution in [0.1, 0.15) is 27.2 Å². The first-order valence-electron chi connectivity index (χ1n) is 5.48. The van der Waals surface area contributed by atoms with Gasteiger partial charge in [-0.1, -0.05) is 13.8 Å². The Kier molecular flexibility index (Phi) is 6.13. The number of carbonyl (C=O) groups excluding carboxylic acids is 1. The van der Waals surface area contributed by atoms with Gasteiger partial charge in [0.05, 0.1) is 11.8 Å². The summed E-state index contributed by atoms with van der Waals surface area (Å²) in [5.74, 6) is -0.619. The van der Waals surface area contributed by atoms with Crippen LogP contribution >= 0.6 is 0 Å². The number of rotatable bonds is 7. The first-order chi connectivity index (χ1) is 7.81.